The van der Waals surface area contributed by atoms with Crippen molar-refractivity contribution in [3.8, 4) is 0 Å². The number of pyridine rings is 1. The van der Waals surface area contributed by atoms with Crippen LogP contribution >= 0.6 is 0 Å². The molecule has 3 heterocycles. The van der Waals surface area contributed by atoms with Crippen LogP contribution in [-0.2, 0) is 13.0 Å². The minimum atomic E-state index is -0.312. The van der Waals surface area contributed by atoms with Crippen LogP contribution in [0.1, 0.15) is 56.5 Å². The molecule has 6 heteroatoms. The number of hydrogen-bond acceptors (Lipinski definition) is 4. The van der Waals surface area contributed by atoms with Crippen molar-refractivity contribution in [2.75, 3.05) is 0 Å². The summed E-state index contributed by atoms with van der Waals surface area (Å²) in [7, 11) is 0. The first-order valence-electron chi connectivity index (χ1n) is 8.42. The lowest BCUT2D eigenvalue weighted by Crippen LogP contribution is -2.23. The largest absolute Gasteiger partial charge is 0.455 e. The number of amides is 1. The van der Waals surface area contributed by atoms with E-state index in [1.807, 2.05) is 35.7 Å². The van der Waals surface area contributed by atoms with Gasteiger partial charge in [-0.1, -0.05) is 6.07 Å². The predicted octanol–water partition coefficient (Wildman–Crippen LogP) is 2.99. The molecule has 0 unspecified atom stereocenters. The third-order valence-electron chi connectivity index (χ3n) is 4.69. The zero-order valence-electron chi connectivity index (χ0n) is 14.3. The fourth-order valence-corrected chi connectivity index (χ4v) is 3.40. The molecule has 1 aliphatic carbocycles. The molecule has 0 fully saturated rings. The summed E-state index contributed by atoms with van der Waals surface area (Å²) in [6.07, 6.45) is 3.92. The number of imidazole rings is 1. The average Bonchev–Trinajstić information content (AvgIpc) is 3.16. The molecule has 0 atom stereocenters. The molecule has 128 valence electrons. The van der Waals surface area contributed by atoms with E-state index >= 15 is 0 Å². The fourth-order valence-electron chi connectivity index (χ4n) is 3.40. The lowest BCUT2D eigenvalue weighted by atomic mass is 9.94. The molecule has 0 spiro atoms. The van der Waals surface area contributed by atoms with Crippen molar-refractivity contribution in [1.29, 1.82) is 0 Å². The predicted molar refractivity (Wildman–Crippen MR) is 91.8 cm³/mol. The minimum Gasteiger partial charge on any atom is -0.455 e. The van der Waals surface area contributed by atoms with Gasteiger partial charge < -0.3 is 14.1 Å². The molecule has 0 saturated heterocycles. The van der Waals surface area contributed by atoms with Crippen LogP contribution in [-0.4, -0.2) is 21.1 Å². The van der Waals surface area contributed by atoms with E-state index < -0.39 is 0 Å². The molecule has 1 amide bonds. The lowest BCUT2D eigenvalue weighted by Gasteiger charge is -2.07. The van der Waals surface area contributed by atoms with Gasteiger partial charge in [-0.2, -0.15) is 0 Å². The number of aromatic nitrogens is 2. The van der Waals surface area contributed by atoms with Gasteiger partial charge in [-0.25, -0.2) is 4.98 Å². The first kappa shape index (κ1) is 15.6. The van der Waals surface area contributed by atoms with Crippen LogP contribution in [0, 0.1) is 13.8 Å². The van der Waals surface area contributed by atoms with Gasteiger partial charge in [0.1, 0.15) is 11.4 Å². The second-order valence-corrected chi connectivity index (χ2v) is 6.44. The number of fused-ring (bicyclic) bond motifs is 2. The van der Waals surface area contributed by atoms with Gasteiger partial charge in [0.2, 0.25) is 0 Å². The highest BCUT2D eigenvalue weighted by atomic mass is 16.4. The Labute approximate surface area is 144 Å². The normalized spacial score (nSPS) is 13.9. The van der Waals surface area contributed by atoms with Gasteiger partial charge in [0.05, 0.1) is 17.8 Å². The van der Waals surface area contributed by atoms with E-state index in [1.165, 1.54) is 0 Å². The van der Waals surface area contributed by atoms with Gasteiger partial charge in [-0.15, -0.1) is 0 Å². The Morgan fingerprint density at radius 2 is 2.16 bits per heavy atom. The van der Waals surface area contributed by atoms with E-state index in [1.54, 1.807) is 6.92 Å². The van der Waals surface area contributed by atoms with Crippen LogP contribution in [0.4, 0.5) is 0 Å². The molecular formula is C19H19N3O3. The van der Waals surface area contributed by atoms with Gasteiger partial charge in [0, 0.05) is 30.3 Å². The van der Waals surface area contributed by atoms with Crippen LogP contribution in [0.2, 0.25) is 0 Å². The van der Waals surface area contributed by atoms with Crippen molar-refractivity contribution in [2.24, 2.45) is 0 Å². The molecule has 0 saturated carbocycles. The molecule has 0 aliphatic heterocycles. The van der Waals surface area contributed by atoms with Crippen molar-refractivity contribution in [2.45, 2.75) is 39.7 Å². The fraction of sp³-hybridized carbons (Fsp3) is 0.316. The number of Topliss-reactive ketones (excluding diaryl/α,β-unsaturated/α-hetero) is 1. The van der Waals surface area contributed by atoms with Gasteiger partial charge in [0.15, 0.2) is 11.5 Å². The summed E-state index contributed by atoms with van der Waals surface area (Å²) in [5, 5.41) is 2.84. The Morgan fingerprint density at radius 1 is 1.32 bits per heavy atom. The van der Waals surface area contributed by atoms with Gasteiger partial charge >= 0.3 is 0 Å². The van der Waals surface area contributed by atoms with Crippen LogP contribution in [0.5, 0.6) is 0 Å². The quantitative estimate of drug-likeness (QED) is 0.797. The van der Waals surface area contributed by atoms with E-state index in [2.05, 4.69) is 10.3 Å². The number of furan rings is 1. The number of aryl methyl sites for hydroxylation is 2. The summed E-state index contributed by atoms with van der Waals surface area (Å²) in [6, 6.07) is 5.88. The third kappa shape index (κ3) is 2.63. The Balaban J connectivity index is 1.54. The second-order valence-electron chi connectivity index (χ2n) is 6.44. The highest BCUT2D eigenvalue weighted by Gasteiger charge is 2.28. The summed E-state index contributed by atoms with van der Waals surface area (Å²) in [5.74, 6) is 0.633. The van der Waals surface area contributed by atoms with Gasteiger partial charge in [0.25, 0.3) is 5.91 Å². The summed E-state index contributed by atoms with van der Waals surface area (Å²) >= 11 is 0. The zero-order valence-corrected chi connectivity index (χ0v) is 14.3. The number of carbonyl (C=O) groups is 2. The maximum absolute atomic E-state index is 12.5. The molecule has 3 aromatic heterocycles. The van der Waals surface area contributed by atoms with E-state index in [0.717, 1.165) is 23.5 Å². The van der Waals surface area contributed by atoms with Crippen LogP contribution in [0.25, 0.3) is 5.65 Å². The van der Waals surface area contributed by atoms with E-state index in [-0.39, 0.29) is 17.5 Å². The molecule has 1 N–H and O–H groups in total. The third-order valence-corrected chi connectivity index (χ3v) is 4.69. The van der Waals surface area contributed by atoms with Crippen LogP contribution < -0.4 is 5.32 Å². The number of hydrogen-bond donors (Lipinski definition) is 1. The highest BCUT2D eigenvalue weighted by molar-refractivity contribution is 6.03. The molecular weight excluding hydrogens is 318 g/mol. The van der Waals surface area contributed by atoms with Gasteiger partial charge in [-0.05, 0) is 32.4 Å². The smallest absolute Gasteiger partial charge is 0.287 e. The maximum atomic E-state index is 12.5. The monoisotopic (exact) mass is 337 g/mol. The summed E-state index contributed by atoms with van der Waals surface area (Å²) in [6.45, 7) is 4.08. The molecule has 25 heavy (non-hydrogen) atoms. The average molecular weight is 337 g/mol. The van der Waals surface area contributed by atoms with Crippen molar-refractivity contribution >= 4 is 17.3 Å². The van der Waals surface area contributed by atoms with Crippen molar-refractivity contribution in [3.05, 3.63) is 58.4 Å². The first-order chi connectivity index (χ1) is 12.0. The van der Waals surface area contributed by atoms with Gasteiger partial charge in [-0.3, -0.25) is 9.59 Å². The summed E-state index contributed by atoms with van der Waals surface area (Å²) in [5.41, 5.74) is 3.94. The number of nitrogens with zero attached hydrogens (tertiary/aromatic N) is 2. The zero-order chi connectivity index (χ0) is 17.6. The number of rotatable bonds is 3. The Morgan fingerprint density at radius 3 is 2.92 bits per heavy atom. The number of nitrogens with one attached hydrogen (secondary N) is 1. The molecule has 0 bridgehead atoms. The second kappa shape index (κ2) is 5.88. The van der Waals surface area contributed by atoms with E-state index in [4.69, 9.17) is 4.42 Å². The molecule has 6 nitrogen and oxygen atoms in total. The van der Waals surface area contributed by atoms with Crippen molar-refractivity contribution in [1.82, 2.24) is 14.7 Å². The number of ketones is 1. The van der Waals surface area contributed by atoms with Crippen LogP contribution in [0.15, 0.2) is 28.8 Å². The SMILES string of the molecule is Cc1c(C(=O)NCc2cn3c(C)cccc3n2)oc2c1C(=O)CCC2. The molecule has 3 aromatic rings. The highest BCUT2D eigenvalue weighted by Crippen LogP contribution is 2.29. The molecule has 4 rings (SSSR count). The van der Waals surface area contributed by atoms with E-state index in [9.17, 15) is 9.59 Å². The first-order valence-corrected chi connectivity index (χ1v) is 8.42. The maximum Gasteiger partial charge on any atom is 0.287 e. The van der Waals surface area contributed by atoms with Crippen molar-refractivity contribution < 1.29 is 14.0 Å². The van der Waals surface area contributed by atoms with Crippen molar-refractivity contribution in [3.63, 3.8) is 0 Å². The minimum absolute atomic E-state index is 0.0670. The Kier molecular flexibility index (Phi) is 3.67. The molecule has 0 radical (unpaired) electrons. The van der Waals surface area contributed by atoms with Crippen LogP contribution in [0.3, 0.4) is 0 Å². The summed E-state index contributed by atoms with van der Waals surface area (Å²) in [4.78, 5) is 29.0. The Bertz CT molecular complexity index is 997. The standard InChI is InChI=1S/C19H19N3O3/c1-11-5-3-8-16-21-13(10-22(11)16)9-20-19(24)18-12(2)17-14(23)6-4-7-15(17)25-18/h3,5,8,10H,4,6-7,9H2,1-2H3,(H,20,24). The van der Waals surface area contributed by atoms with E-state index in [0.29, 0.717) is 36.3 Å². The number of carbonyl (C=O) groups excluding carboxylic acids is 2. The summed E-state index contributed by atoms with van der Waals surface area (Å²) < 4.78 is 7.66. The topological polar surface area (TPSA) is 76.6 Å². The molecule has 1 aliphatic rings. The molecule has 0 aromatic carbocycles. The lowest BCUT2D eigenvalue weighted by molar-refractivity contribution is 0.0916. The Hall–Kier alpha value is -2.89.